The lowest BCUT2D eigenvalue weighted by molar-refractivity contribution is -0.137. The number of alkyl halides is 3. The number of hydrogen-bond acceptors (Lipinski definition) is 2. The minimum atomic E-state index is -4.55. The fourth-order valence-corrected chi connectivity index (χ4v) is 1.84. The highest BCUT2D eigenvalue weighted by atomic mass is 19.4. The molecule has 0 saturated carbocycles. The number of nitriles is 1. The van der Waals surface area contributed by atoms with E-state index in [1.165, 1.54) is 12.1 Å². The van der Waals surface area contributed by atoms with E-state index in [1.807, 2.05) is 25.1 Å². The number of halogens is 3. The summed E-state index contributed by atoms with van der Waals surface area (Å²) in [6.45, 7) is 1.89. The second-order valence-corrected chi connectivity index (χ2v) is 4.36. The lowest BCUT2D eigenvalue weighted by Crippen LogP contribution is -2.08. The van der Waals surface area contributed by atoms with Gasteiger partial charge in [-0.05, 0) is 42.8 Å². The summed E-state index contributed by atoms with van der Waals surface area (Å²) in [5.74, 6) is 0. The summed E-state index contributed by atoms with van der Waals surface area (Å²) in [4.78, 5) is 0. The maximum Gasteiger partial charge on any atom is 0.417 e. The molecular formula is C15H11F3N2. The number of nitrogens with zero attached hydrogens (tertiary/aromatic N) is 1. The first-order valence-electron chi connectivity index (χ1n) is 5.85. The van der Waals surface area contributed by atoms with E-state index in [0.717, 1.165) is 11.6 Å². The Bertz CT molecular complexity index is 670. The Hall–Kier alpha value is -2.48. The first kappa shape index (κ1) is 13.9. The molecule has 2 nitrogen and oxygen atoms in total. The maximum absolute atomic E-state index is 12.8. The van der Waals surface area contributed by atoms with Gasteiger partial charge in [-0.3, -0.25) is 0 Å². The first-order chi connectivity index (χ1) is 9.40. The number of aryl methyl sites for hydroxylation is 1. The van der Waals surface area contributed by atoms with Crippen LogP contribution in [0.1, 0.15) is 16.7 Å². The molecule has 0 aliphatic carbocycles. The standard InChI is InChI=1S/C15H11F3N2/c1-10-3-2-4-12(7-10)20-13-6-5-11(9-19)14(8-13)15(16,17)18/h2-8,20H,1H3. The topological polar surface area (TPSA) is 35.8 Å². The predicted octanol–water partition coefficient (Wildman–Crippen LogP) is 4.63. The highest BCUT2D eigenvalue weighted by Gasteiger charge is 2.33. The second kappa shape index (κ2) is 5.25. The van der Waals surface area contributed by atoms with Crippen LogP contribution >= 0.6 is 0 Å². The van der Waals surface area contributed by atoms with Gasteiger partial charge in [0.1, 0.15) is 0 Å². The van der Waals surface area contributed by atoms with Crippen LogP contribution in [0, 0.1) is 18.3 Å². The molecule has 0 aliphatic rings. The van der Waals surface area contributed by atoms with Gasteiger partial charge in [-0.15, -0.1) is 0 Å². The van der Waals surface area contributed by atoms with Crippen LogP contribution < -0.4 is 5.32 Å². The molecule has 2 aromatic carbocycles. The van der Waals surface area contributed by atoms with Gasteiger partial charge in [-0.2, -0.15) is 18.4 Å². The van der Waals surface area contributed by atoms with Gasteiger partial charge in [-0.25, -0.2) is 0 Å². The van der Waals surface area contributed by atoms with Crippen molar-refractivity contribution in [2.24, 2.45) is 0 Å². The van der Waals surface area contributed by atoms with Crippen LogP contribution in [0.5, 0.6) is 0 Å². The third-order valence-corrected chi connectivity index (χ3v) is 2.75. The molecule has 2 aromatic rings. The van der Waals surface area contributed by atoms with Crippen molar-refractivity contribution in [2.75, 3.05) is 5.32 Å². The molecule has 0 amide bonds. The van der Waals surface area contributed by atoms with E-state index in [9.17, 15) is 13.2 Å². The number of anilines is 2. The van der Waals surface area contributed by atoms with Gasteiger partial charge in [0.25, 0.3) is 0 Å². The van der Waals surface area contributed by atoms with Gasteiger partial charge in [0.15, 0.2) is 0 Å². The fourth-order valence-electron chi connectivity index (χ4n) is 1.84. The zero-order valence-corrected chi connectivity index (χ0v) is 10.6. The van der Waals surface area contributed by atoms with Gasteiger partial charge >= 0.3 is 6.18 Å². The molecule has 2 rings (SSSR count). The number of nitrogens with one attached hydrogen (secondary N) is 1. The molecule has 20 heavy (non-hydrogen) atoms. The van der Waals surface area contributed by atoms with Gasteiger partial charge in [0, 0.05) is 11.4 Å². The number of rotatable bonds is 2. The normalized spacial score (nSPS) is 10.9. The summed E-state index contributed by atoms with van der Waals surface area (Å²) in [6, 6.07) is 12.4. The van der Waals surface area contributed by atoms with E-state index in [1.54, 1.807) is 12.1 Å². The summed E-state index contributed by atoms with van der Waals surface area (Å²) in [5.41, 5.74) is 0.675. The first-order valence-corrected chi connectivity index (χ1v) is 5.85. The molecule has 0 unspecified atom stereocenters. The zero-order valence-electron chi connectivity index (χ0n) is 10.6. The van der Waals surface area contributed by atoms with Crippen LogP contribution in [-0.2, 0) is 6.18 Å². The molecular weight excluding hydrogens is 265 g/mol. The van der Waals surface area contributed by atoms with Gasteiger partial charge in [-0.1, -0.05) is 12.1 Å². The van der Waals surface area contributed by atoms with E-state index in [-0.39, 0.29) is 5.56 Å². The second-order valence-electron chi connectivity index (χ2n) is 4.36. The smallest absolute Gasteiger partial charge is 0.356 e. The number of benzene rings is 2. The van der Waals surface area contributed by atoms with Crippen molar-refractivity contribution in [2.45, 2.75) is 13.1 Å². The predicted molar refractivity (Wildman–Crippen MR) is 70.6 cm³/mol. The average Bonchev–Trinajstić information content (AvgIpc) is 2.37. The number of hydrogen-bond donors (Lipinski definition) is 1. The van der Waals surface area contributed by atoms with Crippen molar-refractivity contribution in [1.82, 2.24) is 0 Å². The minimum absolute atomic E-state index is 0.293. The molecule has 5 heteroatoms. The third-order valence-electron chi connectivity index (χ3n) is 2.75. The monoisotopic (exact) mass is 276 g/mol. The fraction of sp³-hybridized carbons (Fsp3) is 0.133. The lowest BCUT2D eigenvalue weighted by Gasteiger charge is -2.12. The average molecular weight is 276 g/mol. The van der Waals surface area contributed by atoms with E-state index in [4.69, 9.17) is 5.26 Å². The third kappa shape index (κ3) is 3.09. The Morgan fingerprint density at radius 2 is 1.75 bits per heavy atom. The van der Waals surface area contributed by atoms with Crippen molar-refractivity contribution in [1.29, 1.82) is 5.26 Å². The lowest BCUT2D eigenvalue weighted by atomic mass is 10.1. The Morgan fingerprint density at radius 1 is 1.05 bits per heavy atom. The van der Waals surface area contributed by atoms with Crippen molar-refractivity contribution in [3.05, 3.63) is 59.2 Å². The van der Waals surface area contributed by atoms with Crippen LogP contribution in [0.15, 0.2) is 42.5 Å². The summed E-state index contributed by atoms with van der Waals surface area (Å²) >= 11 is 0. The zero-order chi connectivity index (χ0) is 14.8. The minimum Gasteiger partial charge on any atom is -0.356 e. The van der Waals surface area contributed by atoms with E-state index >= 15 is 0 Å². The Balaban J connectivity index is 2.37. The molecule has 0 atom stereocenters. The van der Waals surface area contributed by atoms with Crippen LogP contribution in [0.2, 0.25) is 0 Å². The molecule has 1 N–H and O–H groups in total. The van der Waals surface area contributed by atoms with Gasteiger partial charge < -0.3 is 5.32 Å². The quantitative estimate of drug-likeness (QED) is 0.868. The molecule has 102 valence electrons. The van der Waals surface area contributed by atoms with Crippen molar-refractivity contribution in [3.8, 4) is 6.07 Å². The molecule has 0 fully saturated rings. The molecule has 0 radical (unpaired) electrons. The van der Waals surface area contributed by atoms with Crippen LogP contribution in [0.4, 0.5) is 24.5 Å². The molecule has 0 spiro atoms. The van der Waals surface area contributed by atoms with E-state index in [2.05, 4.69) is 5.32 Å². The van der Waals surface area contributed by atoms with Crippen molar-refractivity contribution >= 4 is 11.4 Å². The molecule has 0 aromatic heterocycles. The van der Waals surface area contributed by atoms with Crippen LogP contribution in [0.3, 0.4) is 0 Å². The molecule has 0 bridgehead atoms. The van der Waals surface area contributed by atoms with E-state index < -0.39 is 11.7 Å². The van der Waals surface area contributed by atoms with Gasteiger partial charge in [0.2, 0.25) is 0 Å². The highest BCUT2D eigenvalue weighted by molar-refractivity contribution is 5.63. The SMILES string of the molecule is Cc1cccc(Nc2ccc(C#N)c(C(F)(F)F)c2)c1. The van der Waals surface area contributed by atoms with Crippen LogP contribution in [0.25, 0.3) is 0 Å². The summed E-state index contributed by atoms with van der Waals surface area (Å²) < 4.78 is 38.5. The Labute approximate surface area is 114 Å². The maximum atomic E-state index is 12.8. The Kier molecular flexibility index (Phi) is 3.66. The molecule has 0 saturated heterocycles. The molecule has 0 aliphatic heterocycles. The van der Waals surface area contributed by atoms with Gasteiger partial charge in [0.05, 0.1) is 17.2 Å². The summed E-state index contributed by atoms with van der Waals surface area (Å²) in [5, 5.41) is 11.6. The van der Waals surface area contributed by atoms with Crippen molar-refractivity contribution in [3.63, 3.8) is 0 Å². The largest absolute Gasteiger partial charge is 0.417 e. The van der Waals surface area contributed by atoms with E-state index in [0.29, 0.717) is 11.4 Å². The van der Waals surface area contributed by atoms with Crippen molar-refractivity contribution < 1.29 is 13.2 Å². The summed E-state index contributed by atoms with van der Waals surface area (Å²) in [7, 11) is 0. The Morgan fingerprint density at radius 3 is 2.35 bits per heavy atom. The molecule has 0 heterocycles. The summed E-state index contributed by atoms with van der Waals surface area (Å²) in [6.07, 6.45) is -4.55. The highest BCUT2D eigenvalue weighted by Crippen LogP contribution is 2.34. The van der Waals surface area contributed by atoms with Crippen LogP contribution in [-0.4, -0.2) is 0 Å².